The molecule has 8 nitrogen and oxygen atoms in total. The number of nitrogens with zero attached hydrogens (tertiary/aromatic N) is 4. The first-order valence-electron chi connectivity index (χ1n) is 7.35. The van der Waals surface area contributed by atoms with Crippen LogP contribution in [0.5, 0.6) is 0 Å². The molecule has 0 radical (unpaired) electrons. The summed E-state index contributed by atoms with van der Waals surface area (Å²) in [6, 6.07) is -0.0602. The Bertz CT molecular complexity index is 576. The molecule has 2 rings (SSSR count). The summed E-state index contributed by atoms with van der Waals surface area (Å²) in [6.45, 7) is 8.24. The highest BCUT2D eigenvalue weighted by molar-refractivity contribution is 5.68. The largest absolute Gasteiger partial charge is 0.444 e. The Morgan fingerprint density at radius 1 is 1.50 bits per heavy atom. The maximum absolute atomic E-state index is 12.2. The van der Waals surface area contributed by atoms with Gasteiger partial charge >= 0.3 is 11.8 Å². The van der Waals surface area contributed by atoms with Crippen LogP contribution in [0.3, 0.4) is 0 Å². The van der Waals surface area contributed by atoms with Crippen LogP contribution in [-0.4, -0.2) is 44.4 Å². The normalized spacial score (nSPS) is 19.1. The Labute approximate surface area is 129 Å². The molecule has 0 N–H and O–H groups in total. The van der Waals surface area contributed by atoms with Crippen molar-refractivity contribution in [1.29, 1.82) is 0 Å². The van der Waals surface area contributed by atoms with Crippen molar-refractivity contribution >= 4 is 11.8 Å². The van der Waals surface area contributed by atoms with E-state index in [-0.39, 0.29) is 17.8 Å². The molecular formula is C14H22N4O4. The predicted molar refractivity (Wildman–Crippen MR) is 79.7 cm³/mol. The first kappa shape index (κ1) is 16.3. The van der Waals surface area contributed by atoms with Gasteiger partial charge in [-0.1, -0.05) is 0 Å². The van der Waals surface area contributed by atoms with Crippen molar-refractivity contribution in [3.05, 3.63) is 22.0 Å². The van der Waals surface area contributed by atoms with Gasteiger partial charge in [-0.25, -0.2) is 4.79 Å². The van der Waals surface area contributed by atoms with E-state index >= 15 is 0 Å². The van der Waals surface area contributed by atoms with Crippen molar-refractivity contribution in [3.63, 3.8) is 0 Å². The molecule has 122 valence electrons. The molecule has 1 fully saturated rings. The Morgan fingerprint density at radius 2 is 2.18 bits per heavy atom. The van der Waals surface area contributed by atoms with Gasteiger partial charge < -0.3 is 9.64 Å². The lowest BCUT2D eigenvalue weighted by molar-refractivity contribution is -0.385. The fraction of sp³-hybridized carbons (Fsp3) is 0.714. The number of likely N-dealkylation sites (tertiary alicyclic amines) is 1. The molecule has 0 unspecified atom stereocenters. The van der Waals surface area contributed by atoms with E-state index in [1.54, 1.807) is 16.5 Å². The van der Waals surface area contributed by atoms with Gasteiger partial charge in [-0.05, 0) is 40.5 Å². The van der Waals surface area contributed by atoms with E-state index in [0.717, 1.165) is 12.8 Å². The number of aromatic nitrogens is 2. The molecule has 0 aliphatic carbocycles. The van der Waals surface area contributed by atoms with E-state index in [1.807, 2.05) is 20.8 Å². The second kappa shape index (κ2) is 5.94. The third-order valence-corrected chi connectivity index (χ3v) is 3.61. The maximum atomic E-state index is 12.2. The number of rotatable bonds is 2. The number of piperidine rings is 1. The van der Waals surface area contributed by atoms with Crippen molar-refractivity contribution in [2.75, 3.05) is 13.1 Å². The third-order valence-electron chi connectivity index (χ3n) is 3.61. The third kappa shape index (κ3) is 3.55. The molecule has 8 heteroatoms. The summed E-state index contributed by atoms with van der Waals surface area (Å²) in [5, 5.41) is 15.0. The topological polar surface area (TPSA) is 90.5 Å². The van der Waals surface area contributed by atoms with E-state index < -0.39 is 10.5 Å². The second-order valence-electron chi connectivity index (χ2n) is 6.54. The second-order valence-corrected chi connectivity index (χ2v) is 6.54. The average Bonchev–Trinajstić information content (AvgIpc) is 2.79. The molecule has 1 aromatic heterocycles. The van der Waals surface area contributed by atoms with E-state index in [0.29, 0.717) is 18.8 Å². The van der Waals surface area contributed by atoms with Crippen LogP contribution in [-0.2, 0) is 4.74 Å². The Balaban J connectivity index is 2.11. The highest BCUT2D eigenvalue weighted by Gasteiger charge is 2.30. The molecule has 1 aromatic rings. The van der Waals surface area contributed by atoms with Crippen LogP contribution in [0.1, 0.15) is 45.3 Å². The average molecular weight is 310 g/mol. The summed E-state index contributed by atoms with van der Waals surface area (Å²) in [4.78, 5) is 24.3. The minimum absolute atomic E-state index is 0.00870. The molecule has 0 saturated carbocycles. The number of carbonyl (C=O) groups is 1. The van der Waals surface area contributed by atoms with Gasteiger partial charge in [0.2, 0.25) is 0 Å². The lowest BCUT2D eigenvalue weighted by atomic mass is 10.1. The van der Waals surface area contributed by atoms with Crippen LogP contribution in [0.15, 0.2) is 6.20 Å². The smallest absolute Gasteiger partial charge is 0.410 e. The molecular weight excluding hydrogens is 288 g/mol. The van der Waals surface area contributed by atoms with Crippen molar-refractivity contribution < 1.29 is 14.5 Å². The predicted octanol–water partition coefficient (Wildman–Crippen LogP) is 2.67. The van der Waals surface area contributed by atoms with Gasteiger partial charge in [-0.3, -0.25) is 14.8 Å². The summed E-state index contributed by atoms with van der Waals surface area (Å²) in [5.41, 5.74) is -0.0137. The fourth-order valence-electron chi connectivity index (χ4n) is 2.61. The van der Waals surface area contributed by atoms with Crippen LogP contribution in [0.2, 0.25) is 0 Å². The van der Waals surface area contributed by atoms with Crippen molar-refractivity contribution in [1.82, 2.24) is 14.7 Å². The van der Waals surface area contributed by atoms with Gasteiger partial charge in [0.25, 0.3) is 0 Å². The summed E-state index contributed by atoms with van der Waals surface area (Å²) in [6.07, 6.45) is 2.56. The van der Waals surface area contributed by atoms with Gasteiger partial charge in [-0.2, -0.15) is 5.10 Å². The number of amides is 1. The summed E-state index contributed by atoms with van der Waals surface area (Å²) in [7, 11) is 0. The highest BCUT2D eigenvalue weighted by Crippen LogP contribution is 2.27. The first-order chi connectivity index (χ1) is 10.2. The summed E-state index contributed by atoms with van der Waals surface area (Å²) < 4.78 is 7.03. The minimum Gasteiger partial charge on any atom is -0.444 e. The van der Waals surface area contributed by atoms with Crippen LogP contribution >= 0.6 is 0 Å². The number of hydrogen-bond acceptors (Lipinski definition) is 5. The van der Waals surface area contributed by atoms with Gasteiger partial charge in [0.05, 0.1) is 11.0 Å². The molecule has 22 heavy (non-hydrogen) atoms. The van der Waals surface area contributed by atoms with Crippen molar-refractivity contribution in [3.8, 4) is 0 Å². The first-order valence-corrected chi connectivity index (χ1v) is 7.35. The molecule has 0 aromatic carbocycles. The lowest BCUT2D eigenvalue weighted by Gasteiger charge is -2.34. The van der Waals surface area contributed by atoms with Crippen LogP contribution in [0.4, 0.5) is 10.5 Å². The molecule has 0 spiro atoms. The Hall–Kier alpha value is -2.12. The standard InChI is InChI=1S/C14H22N4O4/c1-10-12(18(20)21)8-15-17(10)11-6-5-7-16(9-11)13(19)22-14(2,3)4/h8,11H,5-7,9H2,1-4H3/t11-/m1/s1. The Kier molecular flexibility index (Phi) is 4.39. The van der Waals surface area contributed by atoms with Crippen molar-refractivity contribution in [2.24, 2.45) is 0 Å². The quantitative estimate of drug-likeness (QED) is 0.618. The summed E-state index contributed by atoms with van der Waals surface area (Å²) >= 11 is 0. The highest BCUT2D eigenvalue weighted by atomic mass is 16.6. The van der Waals surface area contributed by atoms with E-state index in [4.69, 9.17) is 4.74 Å². The molecule has 1 atom stereocenters. The molecule has 1 amide bonds. The molecule has 1 saturated heterocycles. The van der Waals surface area contributed by atoms with Crippen molar-refractivity contribution in [2.45, 2.75) is 52.2 Å². The van der Waals surface area contributed by atoms with Crippen LogP contribution < -0.4 is 0 Å². The van der Waals surface area contributed by atoms with E-state index in [9.17, 15) is 14.9 Å². The van der Waals surface area contributed by atoms with Gasteiger partial charge in [0.1, 0.15) is 17.5 Å². The number of nitro groups is 1. The zero-order valence-corrected chi connectivity index (χ0v) is 13.4. The minimum atomic E-state index is -0.537. The lowest BCUT2D eigenvalue weighted by Crippen LogP contribution is -2.43. The number of ether oxygens (including phenoxy) is 1. The zero-order chi connectivity index (χ0) is 16.5. The Morgan fingerprint density at radius 3 is 2.73 bits per heavy atom. The SMILES string of the molecule is Cc1c([N+](=O)[O-])cnn1[C@@H]1CCCN(C(=O)OC(C)(C)C)C1. The van der Waals surface area contributed by atoms with Gasteiger partial charge in [0, 0.05) is 13.1 Å². The fourth-order valence-corrected chi connectivity index (χ4v) is 2.61. The summed E-state index contributed by atoms with van der Waals surface area (Å²) in [5.74, 6) is 0. The number of hydrogen-bond donors (Lipinski definition) is 0. The van der Waals surface area contributed by atoms with E-state index in [2.05, 4.69) is 5.10 Å². The molecule has 1 aliphatic heterocycles. The molecule has 0 bridgehead atoms. The van der Waals surface area contributed by atoms with Gasteiger partial charge in [0.15, 0.2) is 0 Å². The maximum Gasteiger partial charge on any atom is 0.410 e. The van der Waals surface area contributed by atoms with Gasteiger partial charge in [-0.15, -0.1) is 0 Å². The monoisotopic (exact) mass is 310 g/mol. The number of carbonyl (C=O) groups excluding carboxylic acids is 1. The molecule has 2 heterocycles. The van der Waals surface area contributed by atoms with Crippen LogP contribution in [0, 0.1) is 17.0 Å². The zero-order valence-electron chi connectivity index (χ0n) is 13.4. The molecule has 1 aliphatic rings. The van der Waals surface area contributed by atoms with E-state index in [1.165, 1.54) is 6.20 Å². The van der Waals surface area contributed by atoms with Crippen LogP contribution in [0.25, 0.3) is 0 Å².